The maximum absolute atomic E-state index is 13.2. The zero-order valence-corrected chi connectivity index (χ0v) is 10.7. The highest BCUT2D eigenvalue weighted by molar-refractivity contribution is 9.10. The Balaban J connectivity index is 2.27. The number of carbonyl (C=O) groups is 1. The molecule has 0 fully saturated rings. The molecule has 1 N–H and O–H groups in total. The smallest absolute Gasteiger partial charge is 0.294 e. The van der Waals surface area contributed by atoms with Gasteiger partial charge in [0.05, 0.1) is 15.9 Å². The second-order valence-corrected chi connectivity index (χ2v) is 4.33. The molecule has 0 unspecified atom stereocenters. The summed E-state index contributed by atoms with van der Waals surface area (Å²) in [5.74, 6) is -2.27. The van der Waals surface area contributed by atoms with E-state index >= 15 is 0 Å². The summed E-state index contributed by atoms with van der Waals surface area (Å²) in [5.41, 5.74) is 0.510. The van der Waals surface area contributed by atoms with Crippen LogP contribution < -0.4 is 5.32 Å². The third kappa shape index (κ3) is 2.56. The predicted octanol–water partition coefficient (Wildman–Crippen LogP) is 3.28. The van der Waals surface area contributed by atoms with Crippen molar-refractivity contribution in [2.24, 2.45) is 0 Å². The van der Waals surface area contributed by atoms with Crippen LogP contribution in [0.25, 0.3) is 0 Å². The van der Waals surface area contributed by atoms with Crippen LogP contribution in [0.5, 0.6) is 0 Å². The summed E-state index contributed by atoms with van der Waals surface area (Å²) in [6.45, 7) is 1.65. The highest BCUT2D eigenvalue weighted by Gasteiger charge is 2.15. The third-order valence-electron chi connectivity index (χ3n) is 2.09. The number of hydrogen-bond acceptors (Lipinski definition) is 3. The maximum Gasteiger partial charge on any atom is 0.294 e. The van der Waals surface area contributed by atoms with Gasteiger partial charge in [0.1, 0.15) is 11.6 Å². The molecule has 2 rings (SSSR count). The first kappa shape index (κ1) is 12.7. The highest BCUT2D eigenvalue weighted by atomic mass is 79.9. The molecule has 1 aromatic heterocycles. The lowest BCUT2D eigenvalue weighted by Gasteiger charge is -2.06. The summed E-state index contributed by atoms with van der Waals surface area (Å²) in [4.78, 5) is 11.7. The Labute approximate surface area is 109 Å². The van der Waals surface area contributed by atoms with Crippen LogP contribution >= 0.6 is 15.9 Å². The molecule has 1 aromatic carbocycles. The third-order valence-corrected chi connectivity index (χ3v) is 2.90. The van der Waals surface area contributed by atoms with E-state index in [0.717, 1.165) is 6.07 Å². The normalized spacial score (nSPS) is 10.4. The number of halogens is 3. The number of carbonyl (C=O) groups excluding carboxylic acids is 1. The van der Waals surface area contributed by atoms with Crippen molar-refractivity contribution in [3.8, 4) is 0 Å². The van der Waals surface area contributed by atoms with Crippen molar-refractivity contribution in [3.05, 3.63) is 45.8 Å². The van der Waals surface area contributed by atoms with Gasteiger partial charge in [-0.25, -0.2) is 8.78 Å². The first-order chi connectivity index (χ1) is 8.47. The largest absolute Gasteiger partial charge is 0.351 e. The summed E-state index contributed by atoms with van der Waals surface area (Å²) >= 11 is 2.92. The Morgan fingerprint density at radius 1 is 1.39 bits per heavy atom. The number of nitrogens with one attached hydrogen (secondary N) is 1. The molecule has 0 bridgehead atoms. The van der Waals surface area contributed by atoms with Crippen LogP contribution in [0.3, 0.4) is 0 Å². The summed E-state index contributed by atoms with van der Waals surface area (Å²) in [6, 6.07) is 3.12. The molecule has 1 amide bonds. The van der Waals surface area contributed by atoms with Crippen LogP contribution in [0.2, 0.25) is 0 Å². The zero-order valence-electron chi connectivity index (χ0n) is 9.13. The van der Waals surface area contributed by atoms with Crippen LogP contribution in [0.15, 0.2) is 27.2 Å². The molecule has 18 heavy (non-hydrogen) atoms. The lowest BCUT2D eigenvalue weighted by molar-refractivity contribution is 0.0988. The molecule has 4 nitrogen and oxygen atoms in total. The topological polar surface area (TPSA) is 55.1 Å². The Morgan fingerprint density at radius 3 is 2.72 bits per heavy atom. The maximum atomic E-state index is 13.2. The zero-order chi connectivity index (χ0) is 13.3. The molecule has 2 aromatic rings. The van der Waals surface area contributed by atoms with Gasteiger partial charge in [0.2, 0.25) is 5.76 Å². The van der Waals surface area contributed by atoms with E-state index in [2.05, 4.69) is 26.4 Å². The van der Waals surface area contributed by atoms with Crippen LogP contribution in [0.4, 0.5) is 14.5 Å². The van der Waals surface area contributed by atoms with Gasteiger partial charge < -0.3 is 9.84 Å². The quantitative estimate of drug-likeness (QED) is 0.865. The van der Waals surface area contributed by atoms with Crippen molar-refractivity contribution in [1.29, 1.82) is 0 Å². The lowest BCUT2D eigenvalue weighted by Crippen LogP contribution is -2.12. The molecule has 0 aliphatic heterocycles. The van der Waals surface area contributed by atoms with Crippen molar-refractivity contribution in [2.45, 2.75) is 6.92 Å². The number of anilines is 1. The van der Waals surface area contributed by atoms with E-state index in [-0.39, 0.29) is 15.9 Å². The summed E-state index contributed by atoms with van der Waals surface area (Å²) in [6.07, 6.45) is 0. The summed E-state index contributed by atoms with van der Waals surface area (Å²) < 4.78 is 30.9. The van der Waals surface area contributed by atoms with Gasteiger partial charge in [0.25, 0.3) is 5.91 Å². The van der Waals surface area contributed by atoms with Crippen molar-refractivity contribution in [3.63, 3.8) is 0 Å². The van der Waals surface area contributed by atoms with Crippen LogP contribution in [0, 0.1) is 18.6 Å². The van der Waals surface area contributed by atoms with E-state index in [1.807, 2.05) is 0 Å². The van der Waals surface area contributed by atoms with E-state index in [9.17, 15) is 13.6 Å². The average Bonchev–Trinajstić information content (AvgIpc) is 2.72. The molecular formula is C11H7BrF2N2O2. The first-order valence-electron chi connectivity index (χ1n) is 4.86. The van der Waals surface area contributed by atoms with Gasteiger partial charge in [-0.15, -0.1) is 0 Å². The fourth-order valence-corrected chi connectivity index (χ4v) is 1.63. The fraction of sp³-hybridized carbons (Fsp3) is 0.0909. The number of benzene rings is 1. The Kier molecular flexibility index (Phi) is 3.42. The number of aromatic nitrogens is 1. The number of amides is 1. The SMILES string of the molecule is Cc1cc(C(=O)Nc2cc(F)cc(F)c2Br)on1. The van der Waals surface area contributed by atoms with E-state index in [4.69, 9.17) is 4.52 Å². The minimum Gasteiger partial charge on any atom is -0.351 e. The molecule has 0 aliphatic rings. The minimum atomic E-state index is -0.806. The van der Waals surface area contributed by atoms with Gasteiger partial charge in [-0.3, -0.25) is 4.79 Å². The van der Waals surface area contributed by atoms with Crippen molar-refractivity contribution < 1.29 is 18.1 Å². The van der Waals surface area contributed by atoms with E-state index in [1.165, 1.54) is 6.07 Å². The molecule has 0 spiro atoms. The predicted molar refractivity (Wildman–Crippen MR) is 63.3 cm³/mol. The van der Waals surface area contributed by atoms with Crippen LogP contribution in [-0.2, 0) is 0 Å². The minimum absolute atomic E-state index is 0.0217. The Hall–Kier alpha value is -1.76. The van der Waals surface area contributed by atoms with Gasteiger partial charge >= 0.3 is 0 Å². The molecule has 0 aliphatic carbocycles. The monoisotopic (exact) mass is 316 g/mol. The molecule has 94 valence electrons. The molecule has 0 saturated carbocycles. The summed E-state index contributed by atoms with van der Waals surface area (Å²) in [5, 5.41) is 5.86. The second kappa shape index (κ2) is 4.85. The van der Waals surface area contributed by atoms with Gasteiger partial charge in [-0.1, -0.05) is 5.16 Å². The molecular weight excluding hydrogens is 310 g/mol. The average molecular weight is 317 g/mol. The second-order valence-electron chi connectivity index (χ2n) is 3.54. The number of aryl methyl sites for hydroxylation is 1. The molecule has 0 atom stereocenters. The molecule has 0 radical (unpaired) electrons. The highest BCUT2D eigenvalue weighted by Crippen LogP contribution is 2.27. The van der Waals surface area contributed by atoms with Gasteiger partial charge in [0.15, 0.2) is 0 Å². The number of hydrogen-bond donors (Lipinski definition) is 1. The number of rotatable bonds is 2. The molecule has 7 heteroatoms. The van der Waals surface area contributed by atoms with Gasteiger partial charge in [-0.2, -0.15) is 0 Å². The standard InChI is InChI=1S/C11H7BrF2N2O2/c1-5-2-9(18-16-5)11(17)15-8-4-6(13)3-7(14)10(8)12/h2-4H,1H3,(H,15,17). The number of nitrogens with zero attached hydrogens (tertiary/aromatic N) is 1. The van der Waals surface area contributed by atoms with E-state index in [1.54, 1.807) is 6.92 Å². The van der Waals surface area contributed by atoms with Crippen molar-refractivity contribution in [1.82, 2.24) is 5.16 Å². The van der Waals surface area contributed by atoms with Gasteiger partial charge in [-0.05, 0) is 28.9 Å². The Bertz CT molecular complexity index is 613. The van der Waals surface area contributed by atoms with E-state index < -0.39 is 17.5 Å². The van der Waals surface area contributed by atoms with Crippen LogP contribution in [-0.4, -0.2) is 11.1 Å². The van der Waals surface area contributed by atoms with Crippen LogP contribution in [0.1, 0.15) is 16.2 Å². The fourth-order valence-electron chi connectivity index (χ4n) is 1.30. The van der Waals surface area contributed by atoms with Crippen molar-refractivity contribution in [2.75, 3.05) is 5.32 Å². The van der Waals surface area contributed by atoms with Gasteiger partial charge in [0, 0.05) is 12.1 Å². The summed E-state index contributed by atoms with van der Waals surface area (Å²) in [7, 11) is 0. The first-order valence-corrected chi connectivity index (χ1v) is 5.66. The van der Waals surface area contributed by atoms with Crippen molar-refractivity contribution >= 4 is 27.5 Å². The molecule has 0 saturated heterocycles. The lowest BCUT2D eigenvalue weighted by atomic mass is 10.3. The molecule has 1 heterocycles. The Morgan fingerprint density at radius 2 is 2.11 bits per heavy atom. The van der Waals surface area contributed by atoms with E-state index in [0.29, 0.717) is 11.8 Å².